The fourth-order valence-electron chi connectivity index (χ4n) is 1.23. The van der Waals surface area contributed by atoms with E-state index in [1.54, 1.807) is 30.4 Å². The summed E-state index contributed by atoms with van der Waals surface area (Å²) in [5, 5.41) is 0.911. The van der Waals surface area contributed by atoms with Crippen LogP contribution in [0.1, 0.15) is 0 Å². The molecule has 0 spiro atoms. The molecule has 2 aromatic rings. The Morgan fingerprint density at radius 1 is 1.18 bits per heavy atom. The number of rotatable bonds is 5. The molecule has 0 bridgehead atoms. The first kappa shape index (κ1) is 11.7. The summed E-state index contributed by atoms with van der Waals surface area (Å²) in [4.78, 5) is 8.16. The molecule has 5 heteroatoms. The van der Waals surface area contributed by atoms with Crippen LogP contribution in [0, 0.1) is 0 Å². The molecule has 0 unspecified atom stereocenters. The fourth-order valence-corrected chi connectivity index (χ4v) is 1.88. The highest BCUT2D eigenvalue weighted by Gasteiger charge is 1.96. The summed E-state index contributed by atoms with van der Waals surface area (Å²) in [5.74, 6) is 1.67. The highest BCUT2D eigenvalue weighted by molar-refractivity contribution is 7.99. The molecule has 0 saturated heterocycles. The van der Waals surface area contributed by atoms with E-state index in [9.17, 15) is 0 Å². The van der Waals surface area contributed by atoms with Crippen LogP contribution in [-0.4, -0.2) is 22.3 Å². The Morgan fingerprint density at radius 3 is 2.71 bits per heavy atom. The Morgan fingerprint density at radius 2 is 2.00 bits per heavy atom. The summed E-state index contributed by atoms with van der Waals surface area (Å²) in [7, 11) is 0. The Kier molecular flexibility index (Phi) is 4.21. The van der Waals surface area contributed by atoms with Crippen molar-refractivity contribution in [1.29, 1.82) is 0 Å². The van der Waals surface area contributed by atoms with Gasteiger partial charge in [-0.25, -0.2) is 4.98 Å². The maximum atomic E-state index is 5.58. The average Bonchev–Trinajstić information content (AvgIpc) is 2.38. The van der Waals surface area contributed by atoms with Crippen LogP contribution >= 0.6 is 11.8 Å². The van der Waals surface area contributed by atoms with Crippen LogP contribution in [0.25, 0.3) is 0 Å². The van der Waals surface area contributed by atoms with Crippen LogP contribution in [0.5, 0.6) is 5.75 Å². The van der Waals surface area contributed by atoms with Crippen molar-refractivity contribution in [3.8, 4) is 5.75 Å². The molecule has 1 heterocycles. The van der Waals surface area contributed by atoms with E-state index in [2.05, 4.69) is 9.97 Å². The van der Waals surface area contributed by atoms with Crippen LogP contribution in [0.3, 0.4) is 0 Å². The van der Waals surface area contributed by atoms with Crippen molar-refractivity contribution in [1.82, 2.24) is 9.97 Å². The number of anilines is 1. The molecule has 0 atom stereocenters. The van der Waals surface area contributed by atoms with Gasteiger partial charge in [-0.3, -0.25) is 4.98 Å². The van der Waals surface area contributed by atoms with Crippen LogP contribution in [-0.2, 0) is 0 Å². The minimum atomic E-state index is 0.630. The van der Waals surface area contributed by atoms with Gasteiger partial charge in [0, 0.05) is 23.8 Å². The Bertz CT molecular complexity index is 447. The second-order valence-corrected chi connectivity index (χ2v) is 4.42. The second-order valence-electron chi connectivity index (χ2n) is 3.31. The number of aromatic nitrogens is 2. The zero-order valence-electron chi connectivity index (χ0n) is 9.24. The lowest BCUT2D eigenvalue weighted by molar-refractivity contribution is 0.344. The third-order valence-electron chi connectivity index (χ3n) is 2.02. The number of hydrogen-bond donors (Lipinski definition) is 1. The predicted molar refractivity (Wildman–Crippen MR) is 69.1 cm³/mol. The molecular formula is C12H13N3OS. The number of nitrogens with zero attached hydrogens (tertiary/aromatic N) is 2. The number of nitrogens with two attached hydrogens (primary N) is 1. The number of thioether (sulfide) groups is 1. The predicted octanol–water partition coefficient (Wildman–Crippen LogP) is 2.23. The smallest absolute Gasteiger partial charge is 0.119 e. The highest BCUT2D eigenvalue weighted by atomic mass is 32.2. The van der Waals surface area contributed by atoms with E-state index >= 15 is 0 Å². The maximum Gasteiger partial charge on any atom is 0.119 e. The topological polar surface area (TPSA) is 61.0 Å². The summed E-state index contributed by atoms with van der Waals surface area (Å²) >= 11 is 1.62. The van der Waals surface area contributed by atoms with Crippen molar-refractivity contribution in [3.05, 3.63) is 42.9 Å². The minimum absolute atomic E-state index is 0.630. The molecule has 2 N–H and O–H groups in total. The first-order valence-electron chi connectivity index (χ1n) is 5.22. The third-order valence-corrected chi connectivity index (χ3v) is 2.90. The van der Waals surface area contributed by atoms with Crippen molar-refractivity contribution < 1.29 is 4.74 Å². The normalized spacial score (nSPS) is 10.1. The van der Waals surface area contributed by atoms with Gasteiger partial charge in [0.15, 0.2) is 0 Å². The number of ether oxygens (including phenoxy) is 1. The van der Waals surface area contributed by atoms with E-state index < -0.39 is 0 Å². The van der Waals surface area contributed by atoms with Gasteiger partial charge in [0.1, 0.15) is 10.8 Å². The zero-order valence-corrected chi connectivity index (χ0v) is 10.1. The Balaban J connectivity index is 1.71. The van der Waals surface area contributed by atoms with Gasteiger partial charge >= 0.3 is 0 Å². The van der Waals surface area contributed by atoms with Gasteiger partial charge in [-0.2, -0.15) is 0 Å². The van der Waals surface area contributed by atoms with Gasteiger partial charge in [0.05, 0.1) is 12.8 Å². The van der Waals surface area contributed by atoms with Crippen LogP contribution in [0.4, 0.5) is 5.69 Å². The van der Waals surface area contributed by atoms with Gasteiger partial charge in [-0.15, -0.1) is 11.8 Å². The van der Waals surface area contributed by atoms with E-state index in [0.29, 0.717) is 6.61 Å². The van der Waals surface area contributed by atoms with E-state index in [1.807, 2.05) is 24.3 Å². The van der Waals surface area contributed by atoms with E-state index in [0.717, 1.165) is 22.2 Å². The largest absolute Gasteiger partial charge is 0.493 e. The van der Waals surface area contributed by atoms with Crippen molar-refractivity contribution in [3.63, 3.8) is 0 Å². The van der Waals surface area contributed by atoms with E-state index in [4.69, 9.17) is 10.5 Å². The molecule has 0 aliphatic heterocycles. The molecular weight excluding hydrogens is 234 g/mol. The van der Waals surface area contributed by atoms with Gasteiger partial charge < -0.3 is 10.5 Å². The lowest BCUT2D eigenvalue weighted by Crippen LogP contribution is -2.00. The molecule has 0 saturated carbocycles. The molecule has 0 fully saturated rings. The number of hydrogen-bond acceptors (Lipinski definition) is 5. The molecule has 1 aromatic heterocycles. The molecule has 0 aliphatic carbocycles. The molecule has 2 rings (SSSR count). The van der Waals surface area contributed by atoms with Gasteiger partial charge in [-0.1, -0.05) is 0 Å². The van der Waals surface area contributed by atoms with Gasteiger partial charge in [0.2, 0.25) is 0 Å². The van der Waals surface area contributed by atoms with Crippen molar-refractivity contribution in [2.45, 2.75) is 5.03 Å². The van der Waals surface area contributed by atoms with Crippen molar-refractivity contribution in [2.24, 2.45) is 0 Å². The summed E-state index contributed by atoms with van der Waals surface area (Å²) in [5.41, 5.74) is 6.32. The van der Waals surface area contributed by atoms with Gasteiger partial charge in [-0.05, 0) is 24.3 Å². The third kappa shape index (κ3) is 3.96. The molecule has 0 aliphatic rings. The fraction of sp³-hybridized carbons (Fsp3) is 0.167. The number of nitrogen functional groups attached to an aromatic ring is 1. The standard InChI is InChI=1S/C12H13N3OS/c13-10-1-3-11(4-2-10)16-7-8-17-12-9-14-5-6-15-12/h1-6,9H,7-8,13H2. The quantitative estimate of drug-likeness (QED) is 0.499. The van der Waals surface area contributed by atoms with Crippen molar-refractivity contribution >= 4 is 17.4 Å². The van der Waals surface area contributed by atoms with Crippen LogP contribution in [0.15, 0.2) is 47.9 Å². The lowest BCUT2D eigenvalue weighted by atomic mass is 10.3. The second kappa shape index (κ2) is 6.10. The molecule has 88 valence electrons. The highest BCUT2D eigenvalue weighted by Crippen LogP contribution is 2.15. The van der Waals surface area contributed by atoms with Gasteiger partial charge in [0.25, 0.3) is 0 Å². The zero-order chi connectivity index (χ0) is 11.9. The van der Waals surface area contributed by atoms with Crippen molar-refractivity contribution in [2.75, 3.05) is 18.1 Å². The number of benzene rings is 1. The SMILES string of the molecule is Nc1ccc(OCCSc2cnccn2)cc1. The first-order valence-corrected chi connectivity index (χ1v) is 6.20. The summed E-state index contributed by atoms with van der Waals surface area (Å²) in [6.07, 6.45) is 5.09. The Hall–Kier alpha value is -1.75. The summed E-state index contributed by atoms with van der Waals surface area (Å²) in [6, 6.07) is 7.38. The first-order chi connectivity index (χ1) is 8.34. The van der Waals surface area contributed by atoms with E-state index in [1.165, 1.54) is 0 Å². The lowest BCUT2D eigenvalue weighted by Gasteiger charge is -2.05. The summed E-state index contributed by atoms with van der Waals surface area (Å²) in [6.45, 7) is 0.630. The molecule has 0 amide bonds. The van der Waals surface area contributed by atoms with Crippen LogP contribution in [0.2, 0.25) is 0 Å². The molecule has 0 radical (unpaired) electrons. The Labute approximate surface area is 104 Å². The minimum Gasteiger partial charge on any atom is -0.493 e. The van der Waals surface area contributed by atoms with Crippen LogP contribution < -0.4 is 10.5 Å². The average molecular weight is 247 g/mol. The summed E-state index contributed by atoms with van der Waals surface area (Å²) < 4.78 is 5.56. The van der Waals surface area contributed by atoms with E-state index in [-0.39, 0.29) is 0 Å². The monoisotopic (exact) mass is 247 g/mol. The molecule has 4 nitrogen and oxygen atoms in total. The molecule has 1 aromatic carbocycles. The molecule has 17 heavy (non-hydrogen) atoms. The maximum absolute atomic E-state index is 5.58.